The Bertz CT molecular complexity index is 883. The fourth-order valence-electron chi connectivity index (χ4n) is 3.41. The number of urea groups is 1. The molecule has 27 heavy (non-hydrogen) atoms. The summed E-state index contributed by atoms with van der Waals surface area (Å²) in [6, 6.07) is 8.90. The van der Waals surface area contributed by atoms with Crippen molar-refractivity contribution in [2.45, 2.75) is 25.8 Å². The van der Waals surface area contributed by atoms with Crippen LogP contribution in [-0.4, -0.2) is 50.9 Å². The van der Waals surface area contributed by atoms with Gasteiger partial charge in [0.05, 0.1) is 0 Å². The molecule has 1 aromatic rings. The SMILES string of the molecule is C=CCNC(=O)NC1CCN(C2=NS(=O)(=O)C(c3ccccc3)=C2C)CC1. The molecule has 0 atom stereocenters. The number of piperidine rings is 1. The van der Waals surface area contributed by atoms with Gasteiger partial charge in [0.25, 0.3) is 10.0 Å². The Morgan fingerprint density at radius 2 is 1.96 bits per heavy atom. The number of benzene rings is 1. The van der Waals surface area contributed by atoms with Gasteiger partial charge in [-0.25, -0.2) is 4.79 Å². The monoisotopic (exact) mass is 388 g/mol. The quantitative estimate of drug-likeness (QED) is 0.773. The number of nitrogens with one attached hydrogen (secondary N) is 2. The lowest BCUT2D eigenvalue weighted by molar-refractivity contribution is 0.227. The Hall–Kier alpha value is -2.61. The molecule has 7 nitrogen and oxygen atoms in total. The van der Waals surface area contributed by atoms with E-state index < -0.39 is 10.0 Å². The summed E-state index contributed by atoms with van der Waals surface area (Å²) in [5.41, 5.74) is 1.33. The zero-order valence-corrected chi connectivity index (χ0v) is 16.1. The minimum absolute atomic E-state index is 0.0579. The molecule has 2 N–H and O–H groups in total. The van der Waals surface area contributed by atoms with E-state index in [-0.39, 0.29) is 17.0 Å². The van der Waals surface area contributed by atoms with E-state index >= 15 is 0 Å². The van der Waals surface area contributed by atoms with Gasteiger partial charge in [-0.15, -0.1) is 11.0 Å². The van der Waals surface area contributed by atoms with Gasteiger partial charge >= 0.3 is 6.03 Å². The van der Waals surface area contributed by atoms with E-state index in [4.69, 9.17) is 0 Å². The molecule has 0 aliphatic carbocycles. The predicted octanol–water partition coefficient (Wildman–Crippen LogP) is 2.11. The molecule has 1 aromatic carbocycles. The second-order valence-corrected chi connectivity index (χ2v) is 8.16. The summed E-state index contributed by atoms with van der Waals surface area (Å²) >= 11 is 0. The van der Waals surface area contributed by atoms with Crippen LogP contribution in [0.25, 0.3) is 4.91 Å². The van der Waals surface area contributed by atoms with Crippen molar-refractivity contribution in [2.24, 2.45) is 4.40 Å². The number of hydrogen-bond acceptors (Lipinski definition) is 4. The summed E-state index contributed by atoms with van der Waals surface area (Å²) in [5, 5.41) is 5.63. The molecule has 1 fully saturated rings. The van der Waals surface area contributed by atoms with Crippen LogP contribution in [0, 0.1) is 0 Å². The van der Waals surface area contributed by atoms with E-state index in [2.05, 4.69) is 21.6 Å². The third-order valence-corrected chi connectivity index (χ3v) is 6.18. The fourth-order valence-corrected chi connectivity index (χ4v) is 4.89. The van der Waals surface area contributed by atoms with Crippen molar-refractivity contribution in [3.05, 3.63) is 54.1 Å². The van der Waals surface area contributed by atoms with Crippen LogP contribution in [0.5, 0.6) is 0 Å². The van der Waals surface area contributed by atoms with Crippen LogP contribution < -0.4 is 10.6 Å². The van der Waals surface area contributed by atoms with E-state index in [9.17, 15) is 13.2 Å². The number of sulfonamides is 1. The third kappa shape index (κ3) is 4.21. The fraction of sp³-hybridized carbons (Fsp3) is 0.368. The van der Waals surface area contributed by atoms with Crippen molar-refractivity contribution in [1.82, 2.24) is 15.5 Å². The van der Waals surface area contributed by atoms with Crippen LogP contribution in [0.1, 0.15) is 25.3 Å². The normalized spacial score (nSPS) is 19.6. The summed E-state index contributed by atoms with van der Waals surface area (Å²) < 4.78 is 29.2. The lowest BCUT2D eigenvalue weighted by Crippen LogP contribution is -2.49. The van der Waals surface area contributed by atoms with Crippen molar-refractivity contribution in [3.63, 3.8) is 0 Å². The van der Waals surface area contributed by atoms with Crippen molar-refractivity contribution in [3.8, 4) is 0 Å². The highest BCUT2D eigenvalue weighted by atomic mass is 32.2. The van der Waals surface area contributed by atoms with Gasteiger partial charge < -0.3 is 15.5 Å². The average Bonchev–Trinajstić information content (AvgIpc) is 2.90. The molecule has 0 bridgehead atoms. The van der Waals surface area contributed by atoms with E-state index in [1.807, 2.05) is 23.1 Å². The van der Waals surface area contributed by atoms with Crippen LogP contribution in [0.15, 0.2) is 53.0 Å². The van der Waals surface area contributed by atoms with Crippen LogP contribution in [-0.2, 0) is 10.0 Å². The summed E-state index contributed by atoms with van der Waals surface area (Å²) in [4.78, 5) is 14.0. The molecule has 0 unspecified atom stereocenters. The highest BCUT2D eigenvalue weighted by molar-refractivity contribution is 8.00. The highest BCUT2D eigenvalue weighted by Crippen LogP contribution is 2.34. The second-order valence-electron chi connectivity index (χ2n) is 6.61. The number of amides is 2. The van der Waals surface area contributed by atoms with Crippen molar-refractivity contribution >= 4 is 26.8 Å². The predicted molar refractivity (Wildman–Crippen MR) is 107 cm³/mol. The first-order chi connectivity index (χ1) is 12.9. The van der Waals surface area contributed by atoms with Gasteiger partial charge in [0.15, 0.2) is 0 Å². The molecule has 2 amide bonds. The van der Waals surface area contributed by atoms with E-state index in [1.165, 1.54) is 0 Å². The summed E-state index contributed by atoms with van der Waals surface area (Å²) in [5.74, 6) is 0.517. The van der Waals surface area contributed by atoms with Gasteiger partial charge in [-0.3, -0.25) is 0 Å². The zero-order valence-electron chi connectivity index (χ0n) is 15.3. The largest absolute Gasteiger partial charge is 0.356 e. The number of likely N-dealkylation sites (tertiary alicyclic amines) is 1. The molecular formula is C19H24N4O3S. The first kappa shape index (κ1) is 19.2. The van der Waals surface area contributed by atoms with Crippen molar-refractivity contribution in [1.29, 1.82) is 0 Å². The number of carbonyl (C=O) groups is 1. The standard InChI is InChI=1S/C19H24N4O3S/c1-3-11-20-19(24)21-16-9-12-23(13-10-16)18-14(2)17(27(25,26)22-18)15-7-5-4-6-8-15/h3-8,16H,1,9-13H2,2H3,(H2,20,21,24). The molecule has 8 heteroatoms. The van der Waals surface area contributed by atoms with Gasteiger partial charge in [-0.05, 0) is 25.3 Å². The number of nitrogens with zero attached hydrogens (tertiary/aromatic N) is 2. The smallest absolute Gasteiger partial charge is 0.315 e. The van der Waals surface area contributed by atoms with E-state index in [0.717, 1.165) is 12.8 Å². The van der Waals surface area contributed by atoms with Gasteiger partial charge in [0, 0.05) is 31.2 Å². The second kappa shape index (κ2) is 7.96. The molecule has 3 rings (SSSR count). The van der Waals surface area contributed by atoms with Crippen LogP contribution in [0.2, 0.25) is 0 Å². The van der Waals surface area contributed by atoms with Crippen LogP contribution in [0.3, 0.4) is 0 Å². The molecule has 0 aromatic heterocycles. The maximum Gasteiger partial charge on any atom is 0.315 e. The minimum atomic E-state index is -3.69. The topological polar surface area (TPSA) is 90.9 Å². The van der Waals surface area contributed by atoms with E-state index in [0.29, 0.717) is 36.6 Å². The maximum absolute atomic E-state index is 12.6. The molecule has 0 saturated carbocycles. The average molecular weight is 388 g/mol. The van der Waals surface area contributed by atoms with Gasteiger partial charge in [-0.1, -0.05) is 36.4 Å². The Balaban J connectivity index is 1.69. The molecule has 2 aliphatic rings. The summed E-state index contributed by atoms with van der Waals surface area (Å²) in [6.45, 7) is 7.07. The lowest BCUT2D eigenvalue weighted by atomic mass is 10.0. The Kier molecular flexibility index (Phi) is 5.65. The third-order valence-electron chi connectivity index (χ3n) is 4.71. The van der Waals surface area contributed by atoms with Crippen LogP contribution in [0.4, 0.5) is 4.79 Å². The Morgan fingerprint density at radius 1 is 1.30 bits per heavy atom. The highest BCUT2D eigenvalue weighted by Gasteiger charge is 2.34. The first-order valence-electron chi connectivity index (χ1n) is 8.94. The van der Waals surface area contributed by atoms with Gasteiger partial charge in [0.2, 0.25) is 0 Å². The molecule has 0 spiro atoms. The van der Waals surface area contributed by atoms with Gasteiger partial charge in [0.1, 0.15) is 10.7 Å². The van der Waals surface area contributed by atoms with Crippen molar-refractivity contribution < 1.29 is 13.2 Å². The minimum Gasteiger partial charge on any atom is -0.356 e. The van der Waals surface area contributed by atoms with E-state index in [1.54, 1.807) is 25.1 Å². The molecule has 1 saturated heterocycles. The number of amidine groups is 1. The molecule has 2 aliphatic heterocycles. The molecule has 2 heterocycles. The summed E-state index contributed by atoms with van der Waals surface area (Å²) in [7, 11) is -3.69. The van der Waals surface area contributed by atoms with Gasteiger partial charge in [-0.2, -0.15) is 8.42 Å². The van der Waals surface area contributed by atoms with Crippen molar-refractivity contribution in [2.75, 3.05) is 19.6 Å². The number of hydrogen-bond donors (Lipinski definition) is 2. The molecule has 0 radical (unpaired) electrons. The molecule has 144 valence electrons. The Morgan fingerprint density at radius 3 is 2.59 bits per heavy atom. The number of carbonyl (C=O) groups excluding carboxylic acids is 1. The number of rotatable bonds is 4. The maximum atomic E-state index is 12.6. The first-order valence-corrected chi connectivity index (χ1v) is 10.4. The Labute approximate surface area is 159 Å². The zero-order chi connectivity index (χ0) is 19.4. The molecular weight excluding hydrogens is 364 g/mol. The summed E-state index contributed by atoms with van der Waals surface area (Å²) in [6.07, 6.45) is 3.09. The van der Waals surface area contributed by atoms with Crippen LogP contribution >= 0.6 is 0 Å². The lowest BCUT2D eigenvalue weighted by Gasteiger charge is -2.33.